The molecule has 106 valence electrons. The highest BCUT2D eigenvalue weighted by molar-refractivity contribution is 6.16. The maximum atomic E-state index is 5.74. The summed E-state index contributed by atoms with van der Waals surface area (Å²) in [4.78, 5) is 11.4. The molecule has 0 aliphatic heterocycles. The van der Waals surface area contributed by atoms with Gasteiger partial charge in [-0.25, -0.2) is 4.98 Å². The average molecular weight is 333 g/mol. The van der Waals surface area contributed by atoms with Crippen LogP contribution in [0.15, 0.2) is 42.7 Å². The zero-order valence-electron chi connectivity index (χ0n) is 10.2. The molecule has 3 rings (SSSR count). The van der Waals surface area contributed by atoms with Crippen LogP contribution in [0.25, 0.3) is 11.0 Å². The lowest BCUT2D eigenvalue weighted by molar-refractivity contribution is 0.482. The molecule has 0 atom stereocenters. The number of benzene rings is 1. The maximum absolute atomic E-state index is 5.74. The fourth-order valence-corrected chi connectivity index (χ4v) is 1.84. The zero-order chi connectivity index (χ0) is 12.4. The van der Waals surface area contributed by atoms with Gasteiger partial charge in [0.1, 0.15) is 17.3 Å². The molecule has 2 heterocycles. The van der Waals surface area contributed by atoms with Gasteiger partial charge in [0, 0.05) is 18.5 Å². The number of H-pyrrole nitrogens is 1. The van der Waals surface area contributed by atoms with Gasteiger partial charge in [-0.3, -0.25) is 4.98 Å². The van der Waals surface area contributed by atoms with Crippen molar-refractivity contribution in [3.05, 3.63) is 48.5 Å². The van der Waals surface area contributed by atoms with E-state index < -0.39 is 0 Å². The summed E-state index contributed by atoms with van der Waals surface area (Å²) in [5.41, 5.74) is 1.80. The molecule has 0 unspecified atom stereocenters. The Hall–Kier alpha value is -1.49. The molecule has 0 aliphatic carbocycles. The maximum Gasteiger partial charge on any atom is 0.130 e. The second kappa shape index (κ2) is 7.33. The summed E-state index contributed by atoms with van der Waals surface area (Å²) in [6.45, 7) is 0. The molecule has 0 saturated heterocycles. The van der Waals surface area contributed by atoms with Crippen LogP contribution in [0, 0.1) is 0 Å². The first kappa shape index (κ1) is 16.6. The first-order valence-corrected chi connectivity index (χ1v) is 6.01. The largest absolute Gasteiger partial charge is 0.457 e. The van der Waals surface area contributed by atoms with Gasteiger partial charge in [0.05, 0.1) is 16.9 Å². The summed E-state index contributed by atoms with van der Waals surface area (Å²) in [6, 6.07) is 9.29. The summed E-state index contributed by atoms with van der Waals surface area (Å²) in [5, 5.41) is 0. The van der Waals surface area contributed by atoms with Gasteiger partial charge in [0.2, 0.25) is 0 Å². The Bertz CT molecular complexity index is 673. The zero-order valence-corrected chi connectivity index (χ0v) is 12.6. The van der Waals surface area contributed by atoms with E-state index in [0.717, 1.165) is 28.4 Å². The van der Waals surface area contributed by atoms with Crippen molar-refractivity contribution in [2.45, 2.75) is 5.88 Å². The van der Waals surface area contributed by atoms with Crippen molar-refractivity contribution in [1.29, 1.82) is 0 Å². The normalized spacial score (nSPS) is 9.65. The highest BCUT2D eigenvalue weighted by Gasteiger charge is 2.04. The van der Waals surface area contributed by atoms with E-state index in [0.29, 0.717) is 5.88 Å². The lowest BCUT2D eigenvalue weighted by Crippen LogP contribution is -1.84. The molecule has 1 N–H and O–H groups in total. The molecule has 0 aliphatic rings. The average Bonchev–Trinajstić information content (AvgIpc) is 2.82. The monoisotopic (exact) mass is 331 g/mol. The molecule has 0 fully saturated rings. The van der Waals surface area contributed by atoms with Crippen molar-refractivity contribution >= 4 is 47.4 Å². The first-order chi connectivity index (χ1) is 8.85. The Labute approximate surface area is 133 Å². The highest BCUT2D eigenvalue weighted by Crippen LogP contribution is 2.24. The van der Waals surface area contributed by atoms with Crippen LogP contribution in [0.3, 0.4) is 0 Å². The van der Waals surface area contributed by atoms with Gasteiger partial charge in [0.15, 0.2) is 0 Å². The van der Waals surface area contributed by atoms with Gasteiger partial charge in [-0.15, -0.1) is 36.4 Å². The molecule has 1 aromatic carbocycles. The number of hydrogen-bond acceptors (Lipinski definition) is 3. The highest BCUT2D eigenvalue weighted by atomic mass is 35.5. The Morgan fingerprint density at radius 3 is 2.50 bits per heavy atom. The Morgan fingerprint density at radius 2 is 1.80 bits per heavy atom. The number of alkyl halides is 1. The van der Waals surface area contributed by atoms with Gasteiger partial charge < -0.3 is 9.72 Å². The number of aromatic nitrogens is 3. The summed E-state index contributed by atoms with van der Waals surface area (Å²) in [6.07, 6.45) is 3.38. The molecule has 7 heteroatoms. The SMILES string of the molecule is Cl.Cl.ClCc1nc2ccc(Oc3ccncc3)cc2[nH]1. The van der Waals surface area contributed by atoms with E-state index in [1.165, 1.54) is 0 Å². The molecular weight excluding hydrogens is 321 g/mol. The van der Waals surface area contributed by atoms with Crippen molar-refractivity contribution in [1.82, 2.24) is 15.0 Å². The second-order valence-corrected chi connectivity index (χ2v) is 4.05. The van der Waals surface area contributed by atoms with Crippen LogP contribution in [0.2, 0.25) is 0 Å². The lowest BCUT2D eigenvalue weighted by atomic mass is 10.3. The fourth-order valence-electron chi connectivity index (χ4n) is 1.71. The number of nitrogens with zero attached hydrogens (tertiary/aromatic N) is 2. The third-order valence-corrected chi connectivity index (χ3v) is 2.77. The first-order valence-electron chi connectivity index (χ1n) is 5.47. The second-order valence-electron chi connectivity index (χ2n) is 3.78. The lowest BCUT2D eigenvalue weighted by Gasteiger charge is -2.04. The van der Waals surface area contributed by atoms with Gasteiger partial charge in [-0.1, -0.05) is 0 Å². The standard InChI is InChI=1S/C13H10ClN3O.2ClH/c14-8-13-16-11-2-1-10(7-12(11)17-13)18-9-3-5-15-6-4-9;;/h1-7H,8H2,(H,16,17);2*1H. The number of halogens is 3. The van der Waals surface area contributed by atoms with Gasteiger partial charge in [-0.2, -0.15) is 0 Å². The van der Waals surface area contributed by atoms with E-state index in [9.17, 15) is 0 Å². The molecule has 0 bridgehead atoms. The van der Waals surface area contributed by atoms with E-state index in [-0.39, 0.29) is 24.8 Å². The van der Waals surface area contributed by atoms with Crippen LogP contribution in [-0.4, -0.2) is 15.0 Å². The molecule has 0 radical (unpaired) electrons. The minimum atomic E-state index is 0. The third kappa shape index (κ3) is 3.54. The van der Waals surface area contributed by atoms with Crippen LogP contribution < -0.4 is 4.74 Å². The predicted molar refractivity (Wildman–Crippen MR) is 84.5 cm³/mol. The van der Waals surface area contributed by atoms with Gasteiger partial charge in [0.25, 0.3) is 0 Å². The Kier molecular flexibility index (Phi) is 6.07. The minimum Gasteiger partial charge on any atom is -0.457 e. The molecule has 2 aromatic heterocycles. The number of imidazole rings is 1. The molecule has 0 spiro atoms. The Balaban J connectivity index is 0.000001000. The minimum absolute atomic E-state index is 0. The van der Waals surface area contributed by atoms with Crippen molar-refractivity contribution < 1.29 is 4.74 Å². The molecule has 4 nitrogen and oxygen atoms in total. The molecule has 0 amide bonds. The summed E-state index contributed by atoms with van der Waals surface area (Å²) >= 11 is 5.74. The topological polar surface area (TPSA) is 50.8 Å². The number of pyridine rings is 1. The van der Waals surface area contributed by atoms with Crippen LogP contribution in [0.1, 0.15) is 5.82 Å². The van der Waals surface area contributed by atoms with Gasteiger partial charge in [-0.05, 0) is 24.3 Å². The predicted octanol–water partition coefficient (Wildman–Crippen LogP) is 4.33. The van der Waals surface area contributed by atoms with E-state index in [4.69, 9.17) is 16.3 Å². The summed E-state index contributed by atoms with van der Waals surface area (Å²) < 4.78 is 5.71. The Morgan fingerprint density at radius 1 is 1.05 bits per heavy atom. The molecular formula is C13H12Cl3N3O. The summed E-state index contributed by atoms with van der Waals surface area (Å²) in [5.74, 6) is 2.63. The quantitative estimate of drug-likeness (QED) is 0.726. The van der Waals surface area contributed by atoms with E-state index in [1.807, 2.05) is 18.2 Å². The summed E-state index contributed by atoms with van der Waals surface area (Å²) in [7, 11) is 0. The number of nitrogens with one attached hydrogen (secondary N) is 1. The van der Waals surface area contributed by atoms with Gasteiger partial charge >= 0.3 is 0 Å². The van der Waals surface area contributed by atoms with E-state index >= 15 is 0 Å². The number of aromatic amines is 1. The van der Waals surface area contributed by atoms with Crippen LogP contribution in [0.5, 0.6) is 11.5 Å². The molecule has 20 heavy (non-hydrogen) atoms. The van der Waals surface area contributed by atoms with Crippen molar-refractivity contribution in [3.63, 3.8) is 0 Å². The van der Waals surface area contributed by atoms with Crippen molar-refractivity contribution in [3.8, 4) is 11.5 Å². The smallest absolute Gasteiger partial charge is 0.130 e. The number of ether oxygens (including phenoxy) is 1. The van der Waals surface area contributed by atoms with E-state index in [1.54, 1.807) is 24.5 Å². The van der Waals surface area contributed by atoms with Crippen LogP contribution in [0.4, 0.5) is 0 Å². The fraction of sp³-hybridized carbons (Fsp3) is 0.0769. The third-order valence-electron chi connectivity index (χ3n) is 2.51. The van der Waals surface area contributed by atoms with Crippen molar-refractivity contribution in [2.75, 3.05) is 0 Å². The molecule has 0 saturated carbocycles. The molecule has 3 aromatic rings. The number of fused-ring (bicyclic) bond motifs is 1. The van der Waals surface area contributed by atoms with E-state index in [2.05, 4.69) is 15.0 Å². The number of rotatable bonds is 3. The number of hydrogen-bond donors (Lipinski definition) is 1. The van der Waals surface area contributed by atoms with Crippen molar-refractivity contribution in [2.24, 2.45) is 0 Å². The van der Waals surface area contributed by atoms with Crippen LogP contribution in [-0.2, 0) is 5.88 Å². The van der Waals surface area contributed by atoms with Crippen LogP contribution >= 0.6 is 36.4 Å².